The molecule has 0 unspecified atom stereocenters. The second-order valence-electron chi connectivity index (χ2n) is 6.33. The molecule has 0 atom stereocenters. The lowest BCUT2D eigenvalue weighted by Crippen LogP contribution is -2.05. The molecular weight excluding hydrogens is 449 g/mol. The summed E-state index contributed by atoms with van der Waals surface area (Å²) in [5.41, 5.74) is 2.20. The van der Waals surface area contributed by atoms with Gasteiger partial charge in [-0.15, -0.1) is 0 Å². The number of nitrogens with one attached hydrogen (secondary N) is 1. The fraction of sp³-hybridized carbons (Fsp3) is 0.136. The molecule has 0 aliphatic carbocycles. The van der Waals surface area contributed by atoms with Crippen LogP contribution < -0.4 is 14.8 Å². The monoisotopic (exact) mass is 465 g/mol. The molecule has 0 saturated carbocycles. The van der Waals surface area contributed by atoms with E-state index in [0.29, 0.717) is 38.8 Å². The second kappa shape index (κ2) is 9.94. The Balaban J connectivity index is 1.76. The largest absolute Gasteiger partial charge is 0.493 e. The molecule has 3 aromatic carbocycles. The van der Waals surface area contributed by atoms with Crippen molar-refractivity contribution < 1.29 is 19.4 Å². The Hall–Kier alpha value is -2.60. The van der Waals surface area contributed by atoms with Crippen LogP contribution in [0.3, 0.4) is 0 Å². The van der Waals surface area contributed by atoms with Crippen LogP contribution in [0.1, 0.15) is 21.5 Å². The van der Waals surface area contributed by atoms with Crippen LogP contribution >= 0.6 is 34.8 Å². The molecule has 0 heterocycles. The Morgan fingerprint density at radius 1 is 0.933 bits per heavy atom. The summed E-state index contributed by atoms with van der Waals surface area (Å²) >= 11 is 18.8. The Morgan fingerprint density at radius 2 is 1.70 bits per heavy atom. The summed E-state index contributed by atoms with van der Waals surface area (Å²) in [4.78, 5) is 11.2. The first kappa shape index (κ1) is 22.1. The molecule has 0 aromatic heterocycles. The third-order valence-corrected chi connectivity index (χ3v) is 5.41. The highest BCUT2D eigenvalue weighted by atomic mass is 35.5. The summed E-state index contributed by atoms with van der Waals surface area (Å²) in [5.74, 6) is -0.0415. The lowest BCUT2D eigenvalue weighted by molar-refractivity contribution is 0.0697. The Kier molecular flexibility index (Phi) is 7.32. The molecule has 0 aliphatic rings. The molecule has 0 fully saturated rings. The molecule has 0 saturated heterocycles. The van der Waals surface area contributed by atoms with E-state index in [1.165, 1.54) is 25.3 Å². The third-order valence-electron chi connectivity index (χ3n) is 4.36. The Bertz CT molecular complexity index is 1070. The first-order valence-corrected chi connectivity index (χ1v) is 10.0. The van der Waals surface area contributed by atoms with Crippen LogP contribution in [0.2, 0.25) is 15.1 Å². The van der Waals surface area contributed by atoms with Crippen molar-refractivity contribution in [1.29, 1.82) is 0 Å². The van der Waals surface area contributed by atoms with E-state index in [-0.39, 0.29) is 12.2 Å². The van der Waals surface area contributed by atoms with E-state index in [9.17, 15) is 4.79 Å². The number of carbonyl (C=O) groups is 1. The van der Waals surface area contributed by atoms with Crippen molar-refractivity contribution in [2.24, 2.45) is 0 Å². The predicted octanol–water partition coefficient (Wildman–Crippen LogP) is 6.54. The SMILES string of the molecule is COc1cc(CNc2cc(C(=O)O)ccc2Cl)c(Cl)cc1OCc1ccccc1Cl. The molecule has 3 rings (SSSR count). The second-order valence-corrected chi connectivity index (χ2v) is 7.55. The van der Waals surface area contributed by atoms with Gasteiger partial charge in [0.15, 0.2) is 11.5 Å². The van der Waals surface area contributed by atoms with Crippen molar-refractivity contribution in [2.75, 3.05) is 12.4 Å². The van der Waals surface area contributed by atoms with Crippen LogP contribution in [0.15, 0.2) is 54.6 Å². The number of anilines is 1. The molecular formula is C22H18Cl3NO4. The number of hydrogen-bond acceptors (Lipinski definition) is 4. The van der Waals surface area contributed by atoms with Crippen LogP contribution in [0.4, 0.5) is 5.69 Å². The van der Waals surface area contributed by atoms with E-state index < -0.39 is 5.97 Å². The van der Waals surface area contributed by atoms with Gasteiger partial charge in [0.1, 0.15) is 6.61 Å². The van der Waals surface area contributed by atoms with Gasteiger partial charge in [-0.05, 0) is 35.9 Å². The number of hydrogen-bond donors (Lipinski definition) is 2. The maximum absolute atomic E-state index is 11.2. The summed E-state index contributed by atoms with van der Waals surface area (Å²) in [6, 6.07) is 15.3. The molecule has 8 heteroatoms. The smallest absolute Gasteiger partial charge is 0.335 e. The zero-order chi connectivity index (χ0) is 21.7. The standard InChI is InChI=1S/C22H18Cl3NO4/c1-29-20-9-15(11-26-19-8-13(22(27)28)6-7-17(19)24)18(25)10-21(20)30-12-14-4-2-3-5-16(14)23/h2-10,26H,11-12H2,1H3,(H,27,28). The molecule has 0 bridgehead atoms. The topological polar surface area (TPSA) is 67.8 Å². The van der Waals surface area contributed by atoms with Gasteiger partial charge in [0.05, 0.1) is 23.4 Å². The van der Waals surface area contributed by atoms with Crippen LogP contribution in [-0.4, -0.2) is 18.2 Å². The van der Waals surface area contributed by atoms with E-state index in [2.05, 4.69) is 5.32 Å². The first-order chi connectivity index (χ1) is 14.4. The average Bonchev–Trinajstić information content (AvgIpc) is 2.73. The van der Waals surface area contributed by atoms with Gasteiger partial charge in [-0.3, -0.25) is 0 Å². The number of carboxylic acids is 1. The zero-order valence-electron chi connectivity index (χ0n) is 15.9. The van der Waals surface area contributed by atoms with Gasteiger partial charge in [0, 0.05) is 28.2 Å². The van der Waals surface area contributed by atoms with Gasteiger partial charge < -0.3 is 19.9 Å². The number of ether oxygens (including phenoxy) is 2. The number of methoxy groups -OCH3 is 1. The molecule has 0 aliphatic heterocycles. The highest BCUT2D eigenvalue weighted by Gasteiger charge is 2.13. The molecule has 2 N–H and O–H groups in total. The molecule has 0 amide bonds. The van der Waals surface area contributed by atoms with Crippen molar-refractivity contribution in [3.05, 3.63) is 86.4 Å². The van der Waals surface area contributed by atoms with E-state index in [1.807, 2.05) is 18.2 Å². The maximum atomic E-state index is 11.2. The molecule has 156 valence electrons. The van der Waals surface area contributed by atoms with Crippen LogP contribution in [0.5, 0.6) is 11.5 Å². The fourth-order valence-electron chi connectivity index (χ4n) is 2.74. The maximum Gasteiger partial charge on any atom is 0.335 e. The Morgan fingerprint density at radius 3 is 2.40 bits per heavy atom. The summed E-state index contributed by atoms with van der Waals surface area (Å²) in [6.45, 7) is 0.574. The van der Waals surface area contributed by atoms with Crippen molar-refractivity contribution in [2.45, 2.75) is 13.2 Å². The van der Waals surface area contributed by atoms with Crippen molar-refractivity contribution in [3.8, 4) is 11.5 Å². The molecule has 3 aromatic rings. The van der Waals surface area contributed by atoms with E-state index >= 15 is 0 Å². The minimum Gasteiger partial charge on any atom is -0.493 e. The van der Waals surface area contributed by atoms with Gasteiger partial charge in [-0.25, -0.2) is 4.79 Å². The highest BCUT2D eigenvalue weighted by molar-refractivity contribution is 6.33. The predicted molar refractivity (Wildman–Crippen MR) is 120 cm³/mol. The first-order valence-electron chi connectivity index (χ1n) is 8.88. The number of rotatable bonds is 8. The number of carboxylic acid groups (broad SMARTS) is 1. The van der Waals surface area contributed by atoms with E-state index in [4.69, 9.17) is 49.4 Å². The Labute approximate surface area is 189 Å². The van der Waals surface area contributed by atoms with Crippen molar-refractivity contribution in [1.82, 2.24) is 0 Å². The minimum absolute atomic E-state index is 0.133. The van der Waals surface area contributed by atoms with Gasteiger partial charge in [-0.1, -0.05) is 53.0 Å². The average molecular weight is 467 g/mol. The quantitative estimate of drug-likeness (QED) is 0.394. The van der Waals surface area contributed by atoms with E-state index in [0.717, 1.165) is 11.1 Å². The molecule has 5 nitrogen and oxygen atoms in total. The van der Waals surface area contributed by atoms with Crippen LogP contribution in [0.25, 0.3) is 0 Å². The summed E-state index contributed by atoms with van der Waals surface area (Å²) in [6.07, 6.45) is 0. The number of aromatic carboxylic acids is 1. The summed E-state index contributed by atoms with van der Waals surface area (Å²) in [5, 5.41) is 13.7. The lowest BCUT2D eigenvalue weighted by atomic mass is 10.1. The van der Waals surface area contributed by atoms with Gasteiger partial charge >= 0.3 is 5.97 Å². The zero-order valence-corrected chi connectivity index (χ0v) is 18.2. The molecule has 0 radical (unpaired) electrons. The fourth-order valence-corrected chi connectivity index (χ4v) is 3.34. The van der Waals surface area contributed by atoms with Gasteiger partial charge in [-0.2, -0.15) is 0 Å². The van der Waals surface area contributed by atoms with Gasteiger partial charge in [0.25, 0.3) is 0 Å². The number of halogens is 3. The van der Waals surface area contributed by atoms with Crippen LogP contribution in [0, 0.1) is 0 Å². The third kappa shape index (κ3) is 5.30. The summed E-state index contributed by atoms with van der Waals surface area (Å²) < 4.78 is 11.3. The normalized spacial score (nSPS) is 10.5. The van der Waals surface area contributed by atoms with E-state index in [1.54, 1.807) is 18.2 Å². The van der Waals surface area contributed by atoms with Crippen LogP contribution in [-0.2, 0) is 13.2 Å². The number of benzene rings is 3. The van der Waals surface area contributed by atoms with Gasteiger partial charge in [0.2, 0.25) is 0 Å². The van der Waals surface area contributed by atoms with Crippen molar-refractivity contribution >= 4 is 46.5 Å². The summed E-state index contributed by atoms with van der Waals surface area (Å²) in [7, 11) is 1.54. The molecule has 0 spiro atoms. The minimum atomic E-state index is -1.03. The molecule has 30 heavy (non-hydrogen) atoms. The highest BCUT2D eigenvalue weighted by Crippen LogP contribution is 2.35. The van der Waals surface area contributed by atoms with Crippen molar-refractivity contribution in [3.63, 3.8) is 0 Å². The lowest BCUT2D eigenvalue weighted by Gasteiger charge is -2.15.